The maximum atomic E-state index is 9.49. The average molecular weight is 276 g/mol. The predicted octanol–water partition coefficient (Wildman–Crippen LogP) is 4.61. The number of hydrogen-bond acceptors (Lipinski definition) is 2. The summed E-state index contributed by atoms with van der Waals surface area (Å²) in [5.41, 5.74) is 0. The Morgan fingerprint density at radius 2 is 1.80 bits per heavy atom. The van der Waals surface area contributed by atoms with Crippen LogP contribution < -0.4 is 0 Å². The summed E-state index contributed by atoms with van der Waals surface area (Å²) in [6, 6.07) is 3.85. The first-order valence-corrected chi connectivity index (χ1v) is 8.77. The Hall–Kier alpha value is -0.550. The zero-order valence-corrected chi connectivity index (χ0v) is 13.6. The first kappa shape index (κ1) is 15.8. The Morgan fingerprint density at radius 3 is 2.40 bits per heavy atom. The van der Waals surface area contributed by atoms with Crippen molar-refractivity contribution in [1.82, 2.24) is 4.90 Å². The summed E-state index contributed by atoms with van der Waals surface area (Å²) in [4.78, 5) is 2.60. The van der Waals surface area contributed by atoms with Gasteiger partial charge in [-0.25, -0.2) is 0 Å². The number of nitriles is 1. The number of rotatable bonds is 4. The topological polar surface area (TPSA) is 27.0 Å². The van der Waals surface area contributed by atoms with Crippen LogP contribution in [0.1, 0.15) is 71.6 Å². The van der Waals surface area contributed by atoms with Crippen molar-refractivity contribution in [2.45, 2.75) is 83.7 Å². The van der Waals surface area contributed by atoms with E-state index < -0.39 is 0 Å². The second-order valence-electron chi connectivity index (χ2n) is 7.35. The van der Waals surface area contributed by atoms with Crippen LogP contribution >= 0.6 is 0 Å². The number of hydrogen-bond donors (Lipinski definition) is 0. The molecule has 2 aliphatic rings. The van der Waals surface area contributed by atoms with Gasteiger partial charge in [0.2, 0.25) is 0 Å². The van der Waals surface area contributed by atoms with Crippen molar-refractivity contribution >= 4 is 0 Å². The van der Waals surface area contributed by atoms with E-state index in [2.05, 4.69) is 31.9 Å². The largest absolute Gasteiger partial charge is 0.299 e. The van der Waals surface area contributed by atoms with E-state index in [1.54, 1.807) is 0 Å². The lowest BCUT2D eigenvalue weighted by molar-refractivity contribution is 0.0615. The molecule has 0 aromatic rings. The minimum atomic E-state index is 0.271. The monoisotopic (exact) mass is 276 g/mol. The molecule has 0 aromatic carbocycles. The summed E-state index contributed by atoms with van der Waals surface area (Å²) in [5.74, 6) is 2.04. The third-order valence-corrected chi connectivity index (χ3v) is 5.87. The molecule has 2 nitrogen and oxygen atoms in total. The van der Waals surface area contributed by atoms with Crippen molar-refractivity contribution in [3.8, 4) is 6.07 Å². The van der Waals surface area contributed by atoms with Gasteiger partial charge in [0.15, 0.2) is 0 Å². The van der Waals surface area contributed by atoms with Gasteiger partial charge in [0, 0.05) is 12.1 Å². The Kier molecular flexibility index (Phi) is 5.90. The van der Waals surface area contributed by atoms with Crippen molar-refractivity contribution in [2.24, 2.45) is 17.8 Å². The third kappa shape index (κ3) is 3.76. The Bertz CT molecular complexity index is 325. The molecule has 3 atom stereocenters. The van der Waals surface area contributed by atoms with E-state index in [0.717, 1.165) is 24.3 Å². The number of nitrogens with zero attached hydrogens (tertiary/aromatic N) is 2. The van der Waals surface area contributed by atoms with E-state index in [0.29, 0.717) is 6.04 Å². The summed E-state index contributed by atoms with van der Waals surface area (Å²) in [6.45, 7) is 4.67. The highest BCUT2D eigenvalue weighted by molar-refractivity contribution is 4.98. The van der Waals surface area contributed by atoms with Crippen LogP contribution in [0.4, 0.5) is 0 Å². The molecule has 114 valence electrons. The van der Waals surface area contributed by atoms with Gasteiger partial charge >= 0.3 is 0 Å². The van der Waals surface area contributed by atoms with E-state index in [9.17, 15) is 5.26 Å². The van der Waals surface area contributed by atoms with E-state index in [-0.39, 0.29) is 5.92 Å². The predicted molar refractivity (Wildman–Crippen MR) is 84.3 cm³/mol. The molecule has 0 radical (unpaired) electrons. The second kappa shape index (κ2) is 7.46. The molecule has 0 heterocycles. The van der Waals surface area contributed by atoms with Crippen molar-refractivity contribution in [1.29, 1.82) is 5.26 Å². The molecule has 2 fully saturated rings. The van der Waals surface area contributed by atoms with Gasteiger partial charge < -0.3 is 0 Å². The average Bonchev–Trinajstić information content (AvgIpc) is 2.47. The highest BCUT2D eigenvalue weighted by Crippen LogP contribution is 2.37. The molecule has 0 amide bonds. The van der Waals surface area contributed by atoms with Crippen LogP contribution in [0.15, 0.2) is 0 Å². The Morgan fingerprint density at radius 1 is 1.10 bits per heavy atom. The summed E-state index contributed by atoms with van der Waals surface area (Å²) in [6.07, 6.45) is 11.7. The lowest BCUT2D eigenvalue weighted by Gasteiger charge is -2.44. The van der Waals surface area contributed by atoms with Gasteiger partial charge in [0.05, 0.1) is 12.0 Å². The molecule has 0 aliphatic heterocycles. The van der Waals surface area contributed by atoms with Crippen LogP contribution in [0.25, 0.3) is 0 Å². The molecule has 0 saturated heterocycles. The SMILES string of the molecule is CCCC1CCC(C#N)C(N(C)C2CCC(C)CC2)C1. The van der Waals surface area contributed by atoms with E-state index >= 15 is 0 Å². The highest BCUT2D eigenvalue weighted by atomic mass is 15.2. The van der Waals surface area contributed by atoms with Gasteiger partial charge in [0.25, 0.3) is 0 Å². The van der Waals surface area contributed by atoms with Gasteiger partial charge in [-0.15, -0.1) is 0 Å². The summed E-state index contributed by atoms with van der Waals surface area (Å²) >= 11 is 0. The van der Waals surface area contributed by atoms with Gasteiger partial charge in [0.1, 0.15) is 0 Å². The molecular weight excluding hydrogens is 244 g/mol. The smallest absolute Gasteiger partial charge is 0.0672 e. The van der Waals surface area contributed by atoms with Gasteiger partial charge in [-0.2, -0.15) is 5.26 Å². The van der Waals surface area contributed by atoms with E-state index in [4.69, 9.17) is 0 Å². The molecule has 0 bridgehead atoms. The molecule has 2 saturated carbocycles. The second-order valence-corrected chi connectivity index (χ2v) is 7.35. The summed E-state index contributed by atoms with van der Waals surface area (Å²) in [7, 11) is 2.30. The lowest BCUT2D eigenvalue weighted by Crippen LogP contribution is -2.48. The molecule has 2 rings (SSSR count). The van der Waals surface area contributed by atoms with Crippen molar-refractivity contribution < 1.29 is 0 Å². The van der Waals surface area contributed by atoms with Crippen LogP contribution in [0.2, 0.25) is 0 Å². The Balaban J connectivity index is 1.97. The zero-order valence-electron chi connectivity index (χ0n) is 13.6. The van der Waals surface area contributed by atoms with Crippen LogP contribution in [0.5, 0.6) is 0 Å². The summed E-state index contributed by atoms with van der Waals surface area (Å²) < 4.78 is 0. The van der Waals surface area contributed by atoms with Crippen molar-refractivity contribution in [2.75, 3.05) is 7.05 Å². The molecule has 0 spiro atoms. The molecule has 2 heteroatoms. The first-order chi connectivity index (χ1) is 9.65. The first-order valence-electron chi connectivity index (χ1n) is 8.77. The fraction of sp³-hybridized carbons (Fsp3) is 0.944. The molecule has 20 heavy (non-hydrogen) atoms. The van der Waals surface area contributed by atoms with Gasteiger partial charge in [-0.1, -0.05) is 26.7 Å². The molecule has 0 N–H and O–H groups in total. The van der Waals surface area contributed by atoms with Gasteiger partial charge in [-0.3, -0.25) is 4.90 Å². The van der Waals surface area contributed by atoms with E-state index in [1.165, 1.54) is 51.4 Å². The van der Waals surface area contributed by atoms with Crippen LogP contribution in [0.3, 0.4) is 0 Å². The minimum Gasteiger partial charge on any atom is -0.299 e. The fourth-order valence-corrected chi connectivity index (χ4v) is 4.42. The van der Waals surface area contributed by atoms with Gasteiger partial charge in [-0.05, 0) is 63.8 Å². The molecule has 3 unspecified atom stereocenters. The summed E-state index contributed by atoms with van der Waals surface area (Å²) in [5, 5.41) is 9.49. The van der Waals surface area contributed by atoms with Crippen LogP contribution in [-0.2, 0) is 0 Å². The van der Waals surface area contributed by atoms with Crippen LogP contribution in [-0.4, -0.2) is 24.0 Å². The molecular formula is C18H32N2. The Labute approximate surface area is 125 Å². The van der Waals surface area contributed by atoms with Crippen molar-refractivity contribution in [3.05, 3.63) is 0 Å². The lowest BCUT2D eigenvalue weighted by atomic mass is 9.75. The quantitative estimate of drug-likeness (QED) is 0.750. The normalized spacial score (nSPS) is 38.6. The standard InChI is InChI=1S/C18H32N2/c1-4-5-15-8-9-16(13-19)18(12-15)20(3)17-10-6-14(2)7-11-17/h14-18H,4-12H2,1-3H3. The fourth-order valence-electron chi connectivity index (χ4n) is 4.42. The maximum absolute atomic E-state index is 9.49. The highest BCUT2D eigenvalue weighted by Gasteiger charge is 2.36. The zero-order chi connectivity index (χ0) is 14.5. The molecule has 2 aliphatic carbocycles. The maximum Gasteiger partial charge on any atom is 0.0672 e. The van der Waals surface area contributed by atoms with E-state index in [1.807, 2.05) is 0 Å². The van der Waals surface area contributed by atoms with Crippen LogP contribution in [0, 0.1) is 29.1 Å². The third-order valence-electron chi connectivity index (χ3n) is 5.87. The molecule has 0 aromatic heterocycles. The van der Waals surface area contributed by atoms with Crippen molar-refractivity contribution in [3.63, 3.8) is 0 Å². The minimum absolute atomic E-state index is 0.271.